The molecule has 0 radical (unpaired) electrons. The van der Waals surface area contributed by atoms with Gasteiger partial charge < -0.3 is 19.5 Å². The number of ether oxygens (including phenoxy) is 3. The van der Waals surface area contributed by atoms with Crippen LogP contribution in [0.5, 0.6) is 17.2 Å². The van der Waals surface area contributed by atoms with Gasteiger partial charge in [0.2, 0.25) is 0 Å². The van der Waals surface area contributed by atoms with E-state index in [0.717, 1.165) is 5.56 Å². The summed E-state index contributed by atoms with van der Waals surface area (Å²) in [7, 11) is 1.57. The molecule has 1 amide bonds. The van der Waals surface area contributed by atoms with Gasteiger partial charge in [-0.25, -0.2) is 0 Å². The first-order chi connectivity index (χ1) is 11.1. The lowest BCUT2D eigenvalue weighted by Crippen LogP contribution is -2.20. The molecule has 0 aliphatic rings. The van der Waals surface area contributed by atoms with Crippen LogP contribution in [-0.4, -0.2) is 26.2 Å². The zero-order chi connectivity index (χ0) is 16.7. The third-order valence-corrected chi connectivity index (χ3v) is 3.11. The summed E-state index contributed by atoms with van der Waals surface area (Å²) in [6, 6.07) is 12.8. The van der Waals surface area contributed by atoms with Gasteiger partial charge >= 0.3 is 0 Å². The van der Waals surface area contributed by atoms with Gasteiger partial charge in [0.15, 0.2) is 18.1 Å². The molecule has 0 atom stereocenters. The molecule has 0 bridgehead atoms. The summed E-state index contributed by atoms with van der Waals surface area (Å²) in [5.74, 6) is 1.61. The van der Waals surface area contributed by atoms with Gasteiger partial charge in [-0.3, -0.25) is 4.79 Å². The summed E-state index contributed by atoms with van der Waals surface area (Å²) in [4.78, 5) is 12.0. The van der Waals surface area contributed by atoms with Crippen molar-refractivity contribution in [3.63, 3.8) is 0 Å². The third kappa shape index (κ3) is 4.92. The molecular weight excluding hydrogens is 294 g/mol. The molecule has 0 aliphatic heterocycles. The van der Waals surface area contributed by atoms with E-state index in [2.05, 4.69) is 5.32 Å². The van der Waals surface area contributed by atoms with Crippen LogP contribution in [0.3, 0.4) is 0 Å². The topological polar surface area (TPSA) is 56.8 Å². The molecule has 2 rings (SSSR count). The molecule has 0 aromatic heterocycles. The largest absolute Gasteiger partial charge is 0.494 e. The summed E-state index contributed by atoms with van der Waals surface area (Å²) >= 11 is 0. The Hall–Kier alpha value is -2.69. The fourth-order valence-corrected chi connectivity index (χ4v) is 2.06. The van der Waals surface area contributed by atoms with E-state index < -0.39 is 0 Å². The lowest BCUT2D eigenvalue weighted by atomic mass is 10.2. The molecule has 0 heterocycles. The van der Waals surface area contributed by atoms with Crippen LogP contribution in [0.2, 0.25) is 0 Å². The average Bonchev–Trinajstić information content (AvgIpc) is 2.54. The molecule has 0 spiro atoms. The number of methoxy groups -OCH3 is 1. The molecule has 0 unspecified atom stereocenters. The number of amides is 1. The molecule has 0 saturated heterocycles. The smallest absolute Gasteiger partial charge is 0.262 e. The number of carbonyl (C=O) groups excluding carboxylic acids is 1. The van der Waals surface area contributed by atoms with E-state index in [4.69, 9.17) is 14.2 Å². The Morgan fingerprint density at radius 3 is 2.65 bits per heavy atom. The third-order valence-electron chi connectivity index (χ3n) is 3.11. The lowest BCUT2D eigenvalue weighted by molar-refractivity contribution is -0.118. The zero-order valence-corrected chi connectivity index (χ0v) is 13.6. The van der Waals surface area contributed by atoms with Crippen molar-refractivity contribution in [1.29, 1.82) is 0 Å². The zero-order valence-electron chi connectivity index (χ0n) is 13.6. The molecule has 0 saturated carbocycles. The maximum absolute atomic E-state index is 12.0. The number of benzene rings is 2. The van der Waals surface area contributed by atoms with Crippen molar-refractivity contribution in [3.8, 4) is 17.2 Å². The van der Waals surface area contributed by atoms with Crippen LogP contribution in [0.4, 0.5) is 5.69 Å². The summed E-state index contributed by atoms with van der Waals surface area (Å²) in [5, 5.41) is 2.78. The first-order valence-corrected chi connectivity index (χ1v) is 7.42. The Labute approximate surface area is 136 Å². The minimum atomic E-state index is -0.249. The van der Waals surface area contributed by atoms with Crippen LogP contribution < -0.4 is 19.5 Å². The summed E-state index contributed by atoms with van der Waals surface area (Å²) < 4.78 is 16.2. The number of carbonyl (C=O) groups is 1. The van der Waals surface area contributed by atoms with Crippen molar-refractivity contribution in [1.82, 2.24) is 0 Å². The van der Waals surface area contributed by atoms with E-state index in [1.807, 2.05) is 38.1 Å². The molecule has 0 fully saturated rings. The van der Waals surface area contributed by atoms with Gasteiger partial charge in [0.05, 0.1) is 13.7 Å². The number of nitrogens with one attached hydrogen (secondary N) is 1. The summed E-state index contributed by atoms with van der Waals surface area (Å²) in [5.41, 5.74) is 1.73. The summed E-state index contributed by atoms with van der Waals surface area (Å²) in [6.07, 6.45) is 0. The molecule has 1 N–H and O–H groups in total. The maximum atomic E-state index is 12.0. The van der Waals surface area contributed by atoms with Crippen LogP contribution in [0.15, 0.2) is 42.5 Å². The predicted octanol–water partition coefficient (Wildman–Crippen LogP) is 3.42. The minimum absolute atomic E-state index is 0.0989. The number of aryl methyl sites for hydroxylation is 1. The molecular formula is C18H21NO4. The van der Waals surface area contributed by atoms with Crippen molar-refractivity contribution in [2.24, 2.45) is 0 Å². The first-order valence-electron chi connectivity index (χ1n) is 7.42. The molecule has 122 valence electrons. The van der Waals surface area contributed by atoms with Crippen molar-refractivity contribution in [2.45, 2.75) is 13.8 Å². The average molecular weight is 315 g/mol. The van der Waals surface area contributed by atoms with Gasteiger partial charge in [-0.1, -0.05) is 12.1 Å². The van der Waals surface area contributed by atoms with E-state index in [0.29, 0.717) is 29.5 Å². The second kappa shape index (κ2) is 8.08. The second-order valence-corrected chi connectivity index (χ2v) is 4.95. The molecule has 23 heavy (non-hydrogen) atoms. The van der Waals surface area contributed by atoms with Gasteiger partial charge in [-0.05, 0) is 43.7 Å². The molecule has 2 aromatic carbocycles. The molecule has 2 aromatic rings. The standard InChI is InChI=1S/C18H21NO4/c1-4-22-15-7-5-6-14(11-15)19-18(20)12-23-16-9-8-13(2)10-17(16)21-3/h5-11H,4,12H2,1-3H3,(H,19,20). The number of hydrogen-bond acceptors (Lipinski definition) is 4. The predicted molar refractivity (Wildman–Crippen MR) is 89.5 cm³/mol. The van der Waals surface area contributed by atoms with Gasteiger partial charge in [0, 0.05) is 11.8 Å². The highest BCUT2D eigenvalue weighted by Gasteiger charge is 2.08. The van der Waals surface area contributed by atoms with E-state index in [1.165, 1.54) is 0 Å². The van der Waals surface area contributed by atoms with E-state index >= 15 is 0 Å². The minimum Gasteiger partial charge on any atom is -0.494 e. The number of anilines is 1. The Kier molecular flexibility index (Phi) is 5.86. The quantitative estimate of drug-likeness (QED) is 0.850. The first kappa shape index (κ1) is 16.7. The highest BCUT2D eigenvalue weighted by molar-refractivity contribution is 5.92. The van der Waals surface area contributed by atoms with Gasteiger partial charge in [-0.2, -0.15) is 0 Å². The van der Waals surface area contributed by atoms with Crippen molar-refractivity contribution in [2.75, 3.05) is 25.6 Å². The van der Waals surface area contributed by atoms with Crippen LogP contribution >= 0.6 is 0 Å². The Balaban J connectivity index is 1.94. The monoisotopic (exact) mass is 315 g/mol. The molecule has 5 nitrogen and oxygen atoms in total. The van der Waals surface area contributed by atoms with E-state index in [9.17, 15) is 4.79 Å². The number of rotatable bonds is 7. The van der Waals surface area contributed by atoms with E-state index in [-0.39, 0.29) is 12.5 Å². The summed E-state index contributed by atoms with van der Waals surface area (Å²) in [6.45, 7) is 4.35. The van der Waals surface area contributed by atoms with Crippen LogP contribution in [0, 0.1) is 6.92 Å². The Morgan fingerprint density at radius 2 is 1.91 bits per heavy atom. The molecule has 5 heteroatoms. The molecule has 0 aliphatic carbocycles. The lowest BCUT2D eigenvalue weighted by Gasteiger charge is -2.12. The van der Waals surface area contributed by atoms with Crippen molar-refractivity contribution < 1.29 is 19.0 Å². The van der Waals surface area contributed by atoms with Crippen LogP contribution in [0.25, 0.3) is 0 Å². The SMILES string of the molecule is CCOc1cccc(NC(=O)COc2ccc(C)cc2OC)c1. The second-order valence-electron chi connectivity index (χ2n) is 4.95. The fourth-order valence-electron chi connectivity index (χ4n) is 2.06. The Bertz CT molecular complexity index is 670. The van der Waals surface area contributed by atoms with Crippen LogP contribution in [0.1, 0.15) is 12.5 Å². The highest BCUT2D eigenvalue weighted by Crippen LogP contribution is 2.27. The van der Waals surface area contributed by atoms with Gasteiger partial charge in [-0.15, -0.1) is 0 Å². The normalized spacial score (nSPS) is 10.0. The van der Waals surface area contributed by atoms with Crippen molar-refractivity contribution in [3.05, 3.63) is 48.0 Å². The fraction of sp³-hybridized carbons (Fsp3) is 0.278. The van der Waals surface area contributed by atoms with E-state index in [1.54, 1.807) is 25.3 Å². The van der Waals surface area contributed by atoms with Crippen LogP contribution in [-0.2, 0) is 4.79 Å². The number of hydrogen-bond donors (Lipinski definition) is 1. The van der Waals surface area contributed by atoms with Gasteiger partial charge in [0.25, 0.3) is 5.91 Å². The Morgan fingerprint density at radius 1 is 1.09 bits per heavy atom. The van der Waals surface area contributed by atoms with Gasteiger partial charge in [0.1, 0.15) is 5.75 Å². The highest BCUT2D eigenvalue weighted by atomic mass is 16.5. The maximum Gasteiger partial charge on any atom is 0.262 e. The van der Waals surface area contributed by atoms with Crippen molar-refractivity contribution >= 4 is 11.6 Å².